The van der Waals surface area contributed by atoms with Crippen LogP contribution < -0.4 is 10.2 Å². The topological polar surface area (TPSA) is 41.0 Å². The summed E-state index contributed by atoms with van der Waals surface area (Å²) in [5, 5.41) is 12.2. The van der Waals surface area contributed by atoms with Gasteiger partial charge in [0.05, 0.1) is 5.69 Å². The van der Waals surface area contributed by atoms with E-state index in [4.69, 9.17) is 0 Å². The summed E-state index contributed by atoms with van der Waals surface area (Å²) in [6, 6.07) is 4.83. The average Bonchev–Trinajstić information content (AvgIpc) is 2.48. The van der Waals surface area contributed by atoms with E-state index in [1.165, 1.54) is 25.7 Å². The molecular weight excluding hydrogens is 260 g/mol. The number of nitrogens with one attached hydrogen (secondary N) is 1. The highest BCUT2D eigenvalue weighted by molar-refractivity contribution is 5.37. The maximum absolute atomic E-state index is 4.41. The lowest BCUT2D eigenvalue weighted by atomic mass is 9.87. The Balaban J connectivity index is 1.86. The zero-order valence-electron chi connectivity index (χ0n) is 14.0. The lowest BCUT2D eigenvalue weighted by Crippen LogP contribution is -2.35. The molecule has 0 aromatic carbocycles. The Kier molecular flexibility index (Phi) is 5.97. The molecule has 0 radical (unpaired) electrons. The summed E-state index contributed by atoms with van der Waals surface area (Å²) in [5.74, 6) is 2.55. The Labute approximate surface area is 129 Å². The fourth-order valence-corrected chi connectivity index (χ4v) is 2.94. The zero-order valence-corrected chi connectivity index (χ0v) is 14.0. The summed E-state index contributed by atoms with van der Waals surface area (Å²) in [6.07, 6.45) is 5.22. The Hall–Kier alpha value is -1.16. The van der Waals surface area contributed by atoms with Gasteiger partial charge in [-0.3, -0.25) is 0 Å². The molecule has 118 valence electrons. The van der Waals surface area contributed by atoms with Gasteiger partial charge in [0.2, 0.25) is 0 Å². The number of hydrogen-bond acceptors (Lipinski definition) is 4. The molecule has 1 saturated carbocycles. The molecule has 0 aliphatic heterocycles. The van der Waals surface area contributed by atoms with Crippen molar-refractivity contribution in [2.75, 3.05) is 18.5 Å². The van der Waals surface area contributed by atoms with Crippen LogP contribution in [0.2, 0.25) is 0 Å². The molecule has 4 heteroatoms. The molecule has 1 N–H and O–H groups in total. The van der Waals surface area contributed by atoms with Crippen LogP contribution in [0.25, 0.3) is 0 Å². The third-order valence-electron chi connectivity index (χ3n) is 4.46. The molecule has 21 heavy (non-hydrogen) atoms. The van der Waals surface area contributed by atoms with Crippen molar-refractivity contribution >= 4 is 5.82 Å². The third kappa shape index (κ3) is 4.95. The fourth-order valence-electron chi connectivity index (χ4n) is 2.94. The van der Waals surface area contributed by atoms with Gasteiger partial charge in [0.1, 0.15) is 0 Å². The van der Waals surface area contributed by atoms with Gasteiger partial charge in [0.15, 0.2) is 5.82 Å². The van der Waals surface area contributed by atoms with Gasteiger partial charge in [-0.15, -0.1) is 5.10 Å². The summed E-state index contributed by atoms with van der Waals surface area (Å²) >= 11 is 0. The molecule has 1 aliphatic rings. The molecule has 0 spiro atoms. The Morgan fingerprint density at radius 2 is 1.90 bits per heavy atom. The van der Waals surface area contributed by atoms with Crippen molar-refractivity contribution in [3.05, 3.63) is 17.8 Å². The second-order valence-corrected chi connectivity index (χ2v) is 6.93. The van der Waals surface area contributed by atoms with Crippen molar-refractivity contribution < 1.29 is 0 Å². The predicted octanol–water partition coefficient (Wildman–Crippen LogP) is 3.24. The molecule has 0 saturated heterocycles. The summed E-state index contributed by atoms with van der Waals surface area (Å²) < 4.78 is 0. The van der Waals surface area contributed by atoms with Crippen LogP contribution in [0, 0.1) is 11.8 Å². The van der Waals surface area contributed by atoms with Crippen molar-refractivity contribution in [2.24, 2.45) is 11.8 Å². The van der Waals surface area contributed by atoms with E-state index in [2.05, 4.69) is 60.4 Å². The van der Waals surface area contributed by atoms with E-state index < -0.39 is 0 Å². The van der Waals surface area contributed by atoms with E-state index in [1.807, 2.05) is 0 Å². The molecule has 0 unspecified atom stereocenters. The highest BCUT2D eigenvalue weighted by atomic mass is 15.3. The van der Waals surface area contributed by atoms with Crippen molar-refractivity contribution in [3.63, 3.8) is 0 Å². The van der Waals surface area contributed by atoms with Crippen molar-refractivity contribution in [1.29, 1.82) is 0 Å². The first-order valence-corrected chi connectivity index (χ1v) is 8.32. The van der Waals surface area contributed by atoms with Crippen LogP contribution in [0.5, 0.6) is 0 Å². The quantitative estimate of drug-likeness (QED) is 0.873. The SMILES string of the molecule is CC(C)CNCc1ccc(N(C)C2CCC(C)CC2)nn1. The normalized spacial score (nSPS) is 22.5. The highest BCUT2D eigenvalue weighted by Gasteiger charge is 2.22. The summed E-state index contributed by atoms with van der Waals surface area (Å²) in [5.41, 5.74) is 1.02. The number of nitrogens with zero attached hydrogens (tertiary/aromatic N) is 3. The fraction of sp³-hybridized carbons (Fsp3) is 0.765. The highest BCUT2D eigenvalue weighted by Crippen LogP contribution is 2.28. The van der Waals surface area contributed by atoms with Crippen LogP contribution in [0.15, 0.2) is 12.1 Å². The van der Waals surface area contributed by atoms with Gasteiger partial charge < -0.3 is 10.2 Å². The maximum atomic E-state index is 4.41. The van der Waals surface area contributed by atoms with Crippen molar-refractivity contribution in [3.8, 4) is 0 Å². The van der Waals surface area contributed by atoms with Crippen LogP contribution >= 0.6 is 0 Å². The Bertz CT molecular complexity index is 407. The molecular formula is C17H30N4. The van der Waals surface area contributed by atoms with Gasteiger partial charge in [-0.1, -0.05) is 20.8 Å². The zero-order chi connectivity index (χ0) is 15.2. The van der Waals surface area contributed by atoms with Crippen molar-refractivity contribution in [1.82, 2.24) is 15.5 Å². The average molecular weight is 290 g/mol. The second-order valence-electron chi connectivity index (χ2n) is 6.93. The van der Waals surface area contributed by atoms with Gasteiger partial charge in [-0.2, -0.15) is 5.10 Å². The Morgan fingerprint density at radius 1 is 1.19 bits per heavy atom. The van der Waals surface area contributed by atoms with Crippen molar-refractivity contribution in [2.45, 2.75) is 59.0 Å². The molecule has 1 aromatic rings. The van der Waals surface area contributed by atoms with E-state index in [1.54, 1.807) is 0 Å². The van der Waals surface area contributed by atoms with Gasteiger partial charge in [0, 0.05) is 19.6 Å². The minimum Gasteiger partial charge on any atom is -0.355 e. The van der Waals surface area contributed by atoms with Gasteiger partial charge in [0.25, 0.3) is 0 Å². The lowest BCUT2D eigenvalue weighted by molar-refractivity contribution is 0.339. The lowest BCUT2D eigenvalue weighted by Gasteiger charge is -2.34. The van der Waals surface area contributed by atoms with E-state index in [-0.39, 0.29) is 0 Å². The van der Waals surface area contributed by atoms with E-state index in [0.717, 1.165) is 30.5 Å². The maximum Gasteiger partial charge on any atom is 0.151 e. The third-order valence-corrected chi connectivity index (χ3v) is 4.46. The standard InChI is InChI=1S/C17H30N4/c1-13(2)11-18-12-15-7-10-17(20-19-15)21(4)16-8-5-14(3)6-9-16/h7,10,13-14,16,18H,5-6,8-9,11-12H2,1-4H3. The van der Waals surface area contributed by atoms with E-state index in [9.17, 15) is 0 Å². The minimum absolute atomic E-state index is 0.625. The monoisotopic (exact) mass is 290 g/mol. The number of anilines is 1. The first-order chi connectivity index (χ1) is 10.1. The molecule has 1 aromatic heterocycles. The number of aromatic nitrogens is 2. The smallest absolute Gasteiger partial charge is 0.151 e. The number of rotatable bonds is 6. The molecule has 0 atom stereocenters. The summed E-state index contributed by atoms with van der Waals surface area (Å²) in [4.78, 5) is 2.31. The second kappa shape index (κ2) is 7.74. The first kappa shape index (κ1) is 16.2. The molecule has 1 aliphatic carbocycles. The number of hydrogen-bond donors (Lipinski definition) is 1. The van der Waals surface area contributed by atoms with E-state index in [0.29, 0.717) is 12.0 Å². The van der Waals surface area contributed by atoms with E-state index >= 15 is 0 Å². The van der Waals surface area contributed by atoms with Gasteiger partial charge >= 0.3 is 0 Å². The molecule has 1 heterocycles. The minimum atomic E-state index is 0.625. The molecule has 4 nitrogen and oxygen atoms in total. The van der Waals surface area contributed by atoms with Crippen LogP contribution in [0.1, 0.15) is 52.1 Å². The Morgan fingerprint density at radius 3 is 2.48 bits per heavy atom. The molecule has 1 fully saturated rings. The van der Waals surface area contributed by atoms with Crippen LogP contribution in [0.3, 0.4) is 0 Å². The predicted molar refractivity (Wildman–Crippen MR) is 88.4 cm³/mol. The molecule has 0 bridgehead atoms. The van der Waals surface area contributed by atoms with Crippen LogP contribution in [-0.2, 0) is 6.54 Å². The molecule has 0 amide bonds. The molecule has 2 rings (SSSR count). The van der Waals surface area contributed by atoms with Gasteiger partial charge in [-0.05, 0) is 56.2 Å². The summed E-state index contributed by atoms with van der Waals surface area (Å²) in [6.45, 7) is 8.60. The van der Waals surface area contributed by atoms with Crippen LogP contribution in [-0.4, -0.2) is 29.8 Å². The van der Waals surface area contributed by atoms with Gasteiger partial charge in [-0.25, -0.2) is 0 Å². The largest absolute Gasteiger partial charge is 0.355 e. The first-order valence-electron chi connectivity index (χ1n) is 8.32. The van der Waals surface area contributed by atoms with Crippen LogP contribution in [0.4, 0.5) is 5.82 Å². The summed E-state index contributed by atoms with van der Waals surface area (Å²) in [7, 11) is 2.15.